The summed E-state index contributed by atoms with van der Waals surface area (Å²) in [4.78, 5) is 5.14. The van der Waals surface area contributed by atoms with E-state index in [0.29, 0.717) is 5.92 Å². The smallest absolute Gasteiger partial charge is 0.0945 e. The van der Waals surface area contributed by atoms with Gasteiger partial charge in [0.1, 0.15) is 0 Å². The predicted molar refractivity (Wildman–Crippen MR) is 111 cm³/mol. The molecule has 0 saturated carbocycles. The van der Waals surface area contributed by atoms with E-state index in [9.17, 15) is 5.11 Å². The van der Waals surface area contributed by atoms with E-state index < -0.39 is 6.10 Å². The fourth-order valence-electron chi connectivity index (χ4n) is 4.16. The highest BCUT2D eigenvalue weighted by Crippen LogP contribution is 2.26. The lowest BCUT2D eigenvalue weighted by molar-refractivity contribution is 0.0401. The summed E-state index contributed by atoms with van der Waals surface area (Å²) >= 11 is 0. The second-order valence-electron chi connectivity index (χ2n) is 8.28. The van der Waals surface area contributed by atoms with Gasteiger partial charge in [-0.2, -0.15) is 0 Å². The van der Waals surface area contributed by atoms with E-state index in [4.69, 9.17) is 0 Å². The summed E-state index contributed by atoms with van der Waals surface area (Å²) in [5, 5.41) is 11.1. The lowest BCUT2D eigenvalue weighted by Gasteiger charge is -2.36. The third kappa shape index (κ3) is 7.02. The van der Waals surface area contributed by atoms with Gasteiger partial charge in [-0.05, 0) is 76.3 Å². The van der Waals surface area contributed by atoms with Crippen LogP contribution in [0.2, 0.25) is 0 Å². The molecule has 1 N–H and O–H groups in total. The first-order valence-electron chi connectivity index (χ1n) is 10.8. The largest absolute Gasteiger partial charge is 0.387 e. The molecule has 0 amide bonds. The Morgan fingerprint density at radius 1 is 1.04 bits per heavy atom. The van der Waals surface area contributed by atoms with Crippen molar-refractivity contribution in [2.24, 2.45) is 5.92 Å². The number of nitrogens with zero attached hydrogens (tertiary/aromatic N) is 2. The molecule has 0 aliphatic carbocycles. The maximum atomic E-state index is 11.1. The van der Waals surface area contributed by atoms with E-state index in [1.165, 1.54) is 45.3 Å². The summed E-state index contributed by atoms with van der Waals surface area (Å²) in [6, 6.07) is 10.4. The quantitative estimate of drug-likeness (QED) is 0.618. The van der Waals surface area contributed by atoms with Crippen LogP contribution in [0.1, 0.15) is 71.0 Å². The molecular weight excluding hydrogens is 320 g/mol. The predicted octanol–water partition coefficient (Wildman–Crippen LogP) is 4.72. The molecule has 0 aromatic heterocycles. The Kier molecular flexibility index (Phi) is 9.66. The van der Waals surface area contributed by atoms with E-state index in [-0.39, 0.29) is 6.04 Å². The molecule has 2 unspecified atom stereocenters. The summed E-state index contributed by atoms with van der Waals surface area (Å²) in [5.74, 6) is 0.674. The topological polar surface area (TPSA) is 26.7 Å². The highest BCUT2D eigenvalue weighted by Gasteiger charge is 2.26. The van der Waals surface area contributed by atoms with Crippen LogP contribution in [0.15, 0.2) is 30.3 Å². The van der Waals surface area contributed by atoms with Crippen LogP contribution in [0.5, 0.6) is 0 Å². The fourth-order valence-corrected chi connectivity index (χ4v) is 4.16. The molecule has 148 valence electrons. The van der Waals surface area contributed by atoms with Crippen molar-refractivity contribution in [3.05, 3.63) is 35.9 Å². The molecule has 0 radical (unpaired) electrons. The Morgan fingerprint density at radius 2 is 1.73 bits per heavy atom. The van der Waals surface area contributed by atoms with Crippen LogP contribution >= 0.6 is 0 Å². The molecule has 26 heavy (non-hydrogen) atoms. The number of aliphatic hydroxyl groups is 1. The molecule has 1 fully saturated rings. The van der Waals surface area contributed by atoms with Crippen molar-refractivity contribution < 1.29 is 5.11 Å². The minimum Gasteiger partial charge on any atom is -0.387 e. The standard InChI is InChI=1S/C23H40N2O/c1-4-25(19-11-18-24-16-9-6-10-17-24)22(15-14-20(2)3)23(26)21-12-7-5-8-13-21/h5,7-8,12-13,20,22-23,26H,4,6,9-11,14-19H2,1-3H3. The third-order valence-corrected chi connectivity index (χ3v) is 5.79. The minimum atomic E-state index is -0.398. The van der Waals surface area contributed by atoms with Crippen molar-refractivity contribution in [2.45, 2.75) is 71.4 Å². The average molecular weight is 361 g/mol. The van der Waals surface area contributed by atoms with Gasteiger partial charge in [0.2, 0.25) is 0 Å². The van der Waals surface area contributed by atoms with Crippen molar-refractivity contribution in [3.8, 4) is 0 Å². The second-order valence-corrected chi connectivity index (χ2v) is 8.28. The lowest BCUT2D eigenvalue weighted by atomic mass is 9.93. The molecule has 1 aromatic rings. The molecule has 0 spiro atoms. The summed E-state index contributed by atoms with van der Waals surface area (Å²) in [6.45, 7) is 12.6. The first-order chi connectivity index (χ1) is 12.6. The number of benzene rings is 1. The Labute approximate surface area is 161 Å². The van der Waals surface area contributed by atoms with Gasteiger partial charge in [0, 0.05) is 6.04 Å². The number of rotatable bonds is 11. The number of hydrogen-bond acceptors (Lipinski definition) is 3. The molecule has 1 aromatic carbocycles. The number of likely N-dealkylation sites (tertiary alicyclic amines) is 1. The van der Waals surface area contributed by atoms with Gasteiger partial charge in [-0.15, -0.1) is 0 Å². The summed E-state index contributed by atoms with van der Waals surface area (Å²) in [7, 11) is 0. The van der Waals surface area contributed by atoms with E-state index in [0.717, 1.165) is 31.5 Å². The molecule has 3 nitrogen and oxygen atoms in total. The van der Waals surface area contributed by atoms with Crippen molar-refractivity contribution in [2.75, 3.05) is 32.7 Å². The highest BCUT2D eigenvalue weighted by atomic mass is 16.3. The Morgan fingerprint density at radius 3 is 2.35 bits per heavy atom. The Bertz CT molecular complexity index is 470. The number of hydrogen-bond donors (Lipinski definition) is 1. The molecule has 1 heterocycles. The maximum absolute atomic E-state index is 11.1. The number of aliphatic hydroxyl groups excluding tert-OH is 1. The zero-order valence-corrected chi connectivity index (χ0v) is 17.2. The van der Waals surface area contributed by atoms with Crippen LogP contribution in [0.25, 0.3) is 0 Å². The van der Waals surface area contributed by atoms with Gasteiger partial charge in [-0.1, -0.05) is 57.5 Å². The van der Waals surface area contributed by atoms with Gasteiger partial charge < -0.3 is 10.0 Å². The van der Waals surface area contributed by atoms with Crippen LogP contribution in [-0.2, 0) is 0 Å². The molecule has 1 aliphatic rings. The SMILES string of the molecule is CCN(CCCN1CCCCC1)C(CCC(C)C)C(O)c1ccccc1. The van der Waals surface area contributed by atoms with Gasteiger partial charge in [0.25, 0.3) is 0 Å². The van der Waals surface area contributed by atoms with Gasteiger partial charge in [0.05, 0.1) is 6.10 Å². The first-order valence-corrected chi connectivity index (χ1v) is 10.8. The van der Waals surface area contributed by atoms with E-state index >= 15 is 0 Å². The molecule has 1 aliphatic heterocycles. The van der Waals surface area contributed by atoms with E-state index in [1.54, 1.807) is 0 Å². The highest BCUT2D eigenvalue weighted by molar-refractivity contribution is 5.19. The van der Waals surface area contributed by atoms with Crippen molar-refractivity contribution in [3.63, 3.8) is 0 Å². The van der Waals surface area contributed by atoms with Crippen LogP contribution in [-0.4, -0.2) is 53.7 Å². The normalized spacial score (nSPS) is 18.4. The van der Waals surface area contributed by atoms with Crippen LogP contribution in [0.4, 0.5) is 0 Å². The Balaban J connectivity index is 1.95. The van der Waals surface area contributed by atoms with Gasteiger partial charge >= 0.3 is 0 Å². The number of likely N-dealkylation sites (N-methyl/N-ethyl adjacent to an activating group) is 1. The molecular formula is C23H40N2O. The van der Waals surface area contributed by atoms with Gasteiger partial charge in [0.15, 0.2) is 0 Å². The van der Waals surface area contributed by atoms with Gasteiger partial charge in [-0.3, -0.25) is 4.90 Å². The van der Waals surface area contributed by atoms with Crippen molar-refractivity contribution in [1.29, 1.82) is 0 Å². The second kappa shape index (κ2) is 11.7. The molecule has 3 heteroatoms. The van der Waals surface area contributed by atoms with Gasteiger partial charge in [-0.25, -0.2) is 0 Å². The molecule has 1 saturated heterocycles. The van der Waals surface area contributed by atoms with E-state index in [1.807, 2.05) is 18.2 Å². The zero-order chi connectivity index (χ0) is 18.8. The summed E-state index contributed by atoms with van der Waals surface area (Å²) < 4.78 is 0. The molecule has 2 rings (SSSR count). The fraction of sp³-hybridized carbons (Fsp3) is 0.739. The average Bonchev–Trinajstić information content (AvgIpc) is 2.67. The minimum absolute atomic E-state index is 0.214. The van der Waals surface area contributed by atoms with Crippen LogP contribution < -0.4 is 0 Å². The van der Waals surface area contributed by atoms with E-state index in [2.05, 4.69) is 42.7 Å². The maximum Gasteiger partial charge on any atom is 0.0945 e. The van der Waals surface area contributed by atoms with Crippen molar-refractivity contribution >= 4 is 0 Å². The molecule has 0 bridgehead atoms. The first kappa shape index (κ1) is 21.4. The summed E-state index contributed by atoms with van der Waals surface area (Å²) in [6.07, 6.45) is 7.15. The zero-order valence-electron chi connectivity index (χ0n) is 17.2. The van der Waals surface area contributed by atoms with Crippen molar-refractivity contribution in [1.82, 2.24) is 9.80 Å². The number of piperidine rings is 1. The molecule has 2 atom stereocenters. The van der Waals surface area contributed by atoms with Crippen LogP contribution in [0, 0.1) is 5.92 Å². The monoisotopic (exact) mass is 360 g/mol. The Hall–Kier alpha value is -0.900. The third-order valence-electron chi connectivity index (χ3n) is 5.79. The summed E-state index contributed by atoms with van der Waals surface area (Å²) in [5.41, 5.74) is 1.05. The van der Waals surface area contributed by atoms with Crippen LogP contribution in [0.3, 0.4) is 0 Å². The lowest BCUT2D eigenvalue weighted by Crippen LogP contribution is -2.42.